The van der Waals surface area contributed by atoms with Crippen molar-refractivity contribution in [2.75, 3.05) is 11.9 Å². The minimum absolute atomic E-state index is 0.0520. The van der Waals surface area contributed by atoms with E-state index < -0.39 is 18.0 Å². The predicted octanol–water partition coefficient (Wildman–Crippen LogP) is 3.67. The minimum atomic E-state index is -0.836. The standard InChI is InChI=1S/C21H27ClFN5O2/c1-4-18(29)19(13-5-6-16(23)15(22)9-13)27-21(30)28-8-7-14-10-24-20(25-12(2)3)26-17(14)11-28/h5-6,9-10,12,18-19,29H,4,7-8,11H2,1-3H3,(H,27,30)(H,24,25,26)/t18-,19+/m1/s1. The number of carbonyl (C=O) groups is 1. The Hall–Kier alpha value is -2.45. The number of rotatable bonds is 6. The first-order valence-electron chi connectivity index (χ1n) is 10.1. The molecule has 3 N–H and O–H groups in total. The number of halogens is 2. The number of urea groups is 1. The van der Waals surface area contributed by atoms with E-state index in [4.69, 9.17) is 11.6 Å². The molecule has 1 aliphatic rings. The molecule has 2 atom stereocenters. The van der Waals surface area contributed by atoms with Crippen LogP contribution in [0.3, 0.4) is 0 Å². The third-order valence-electron chi connectivity index (χ3n) is 5.04. The second-order valence-corrected chi connectivity index (χ2v) is 8.12. The predicted molar refractivity (Wildman–Crippen MR) is 114 cm³/mol. The largest absolute Gasteiger partial charge is 0.391 e. The van der Waals surface area contributed by atoms with Gasteiger partial charge in [0.15, 0.2) is 0 Å². The Balaban J connectivity index is 1.75. The lowest BCUT2D eigenvalue weighted by molar-refractivity contribution is 0.117. The molecule has 2 amide bonds. The Bertz CT molecular complexity index is 911. The number of nitrogens with zero attached hydrogens (tertiary/aromatic N) is 3. The van der Waals surface area contributed by atoms with Crippen molar-refractivity contribution in [1.82, 2.24) is 20.2 Å². The highest BCUT2D eigenvalue weighted by atomic mass is 35.5. The number of aliphatic hydroxyl groups is 1. The average molecular weight is 436 g/mol. The van der Waals surface area contributed by atoms with Gasteiger partial charge < -0.3 is 20.6 Å². The zero-order valence-corrected chi connectivity index (χ0v) is 18.1. The Morgan fingerprint density at radius 3 is 2.83 bits per heavy atom. The number of fused-ring (bicyclic) bond motifs is 1. The highest BCUT2D eigenvalue weighted by Crippen LogP contribution is 2.25. The second-order valence-electron chi connectivity index (χ2n) is 7.71. The summed E-state index contributed by atoms with van der Waals surface area (Å²) < 4.78 is 13.5. The first kappa shape index (κ1) is 22.2. The van der Waals surface area contributed by atoms with Crippen LogP contribution >= 0.6 is 11.6 Å². The number of hydrogen-bond donors (Lipinski definition) is 3. The van der Waals surface area contributed by atoms with Gasteiger partial charge >= 0.3 is 6.03 Å². The highest BCUT2D eigenvalue weighted by Gasteiger charge is 2.28. The van der Waals surface area contributed by atoms with Crippen LogP contribution in [0.4, 0.5) is 15.1 Å². The van der Waals surface area contributed by atoms with E-state index in [0.717, 1.165) is 11.3 Å². The molecule has 0 spiro atoms. The number of aliphatic hydroxyl groups excluding tert-OH is 1. The van der Waals surface area contributed by atoms with Gasteiger partial charge in [0.05, 0.1) is 29.4 Å². The summed E-state index contributed by atoms with van der Waals surface area (Å²) in [5.74, 6) is -0.0131. The first-order chi connectivity index (χ1) is 14.3. The zero-order valence-electron chi connectivity index (χ0n) is 17.3. The van der Waals surface area contributed by atoms with E-state index in [1.165, 1.54) is 18.2 Å². The summed E-state index contributed by atoms with van der Waals surface area (Å²) in [7, 11) is 0. The van der Waals surface area contributed by atoms with Crippen molar-refractivity contribution in [2.24, 2.45) is 0 Å². The third kappa shape index (κ3) is 5.17. The van der Waals surface area contributed by atoms with Crippen molar-refractivity contribution in [2.45, 2.75) is 58.3 Å². The quantitative estimate of drug-likeness (QED) is 0.644. The fourth-order valence-corrected chi connectivity index (χ4v) is 3.56. The number of benzene rings is 1. The van der Waals surface area contributed by atoms with Crippen LogP contribution in [0.1, 0.15) is 50.1 Å². The summed E-state index contributed by atoms with van der Waals surface area (Å²) in [4.78, 5) is 23.5. The monoisotopic (exact) mass is 435 g/mol. The lowest BCUT2D eigenvalue weighted by Gasteiger charge is -2.31. The molecular formula is C21H27ClFN5O2. The van der Waals surface area contributed by atoms with Crippen LogP contribution < -0.4 is 10.6 Å². The number of aromatic nitrogens is 2. The number of nitrogens with one attached hydrogen (secondary N) is 2. The van der Waals surface area contributed by atoms with Crippen molar-refractivity contribution < 1.29 is 14.3 Å². The summed E-state index contributed by atoms with van der Waals surface area (Å²) in [5.41, 5.74) is 2.36. The Labute approximate surface area is 180 Å². The van der Waals surface area contributed by atoms with Gasteiger partial charge in [0.2, 0.25) is 5.95 Å². The van der Waals surface area contributed by atoms with E-state index in [0.29, 0.717) is 37.4 Å². The van der Waals surface area contributed by atoms with Gasteiger partial charge in [-0.2, -0.15) is 0 Å². The Morgan fingerprint density at radius 2 is 2.17 bits per heavy atom. The topological polar surface area (TPSA) is 90.4 Å². The van der Waals surface area contributed by atoms with Gasteiger partial charge in [-0.15, -0.1) is 0 Å². The molecule has 30 heavy (non-hydrogen) atoms. The number of carbonyl (C=O) groups excluding carboxylic acids is 1. The van der Waals surface area contributed by atoms with Gasteiger partial charge in [-0.1, -0.05) is 24.6 Å². The lowest BCUT2D eigenvalue weighted by atomic mass is 9.99. The van der Waals surface area contributed by atoms with Crippen LogP contribution in [0.25, 0.3) is 0 Å². The average Bonchev–Trinajstić information content (AvgIpc) is 2.72. The minimum Gasteiger partial charge on any atom is -0.391 e. The normalized spacial score (nSPS) is 15.5. The molecule has 3 rings (SSSR count). The number of amides is 2. The smallest absolute Gasteiger partial charge is 0.318 e. The van der Waals surface area contributed by atoms with E-state index in [1.807, 2.05) is 20.8 Å². The first-order valence-corrected chi connectivity index (χ1v) is 10.5. The molecule has 0 saturated heterocycles. The van der Waals surface area contributed by atoms with E-state index in [1.54, 1.807) is 11.1 Å². The highest BCUT2D eigenvalue weighted by molar-refractivity contribution is 6.30. The second kappa shape index (κ2) is 9.57. The van der Waals surface area contributed by atoms with Gasteiger partial charge in [-0.3, -0.25) is 0 Å². The molecule has 1 aliphatic heterocycles. The number of hydrogen-bond acceptors (Lipinski definition) is 5. The molecule has 0 bridgehead atoms. The van der Waals surface area contributed by atoms with Crippen LogP contribution in [0.5, 0.6) is 0 Å². The fourth-order valence-electron chi connectivity index (χ4n) is 3.37. The van der Waals surface area contributed by atoms with Crippen molar-refractivity contribution in [3.05, 3.63) is 52.1 Å². The molecule has 2 heterocycles. The summed E-state index contributed by atoms with van der Waals surface area (Å²) in [5, 5.41) is 16.4. The molecular weight excluding hydrogens is 409 g/mol. The molecule has 2 aromatic rings. The molecule has 1 aromatic carbocycles. The molecule has 7 nitrogen and oxygen atoms in total. The maximum absolute atomic E-state index is 13.5. The van der Waals surface area contributed by atoms with Crippen LogP contribution in [0.2, 0.25) is 5.02 Å². The van der Waals surface area contributed by atoms with Crippen LogP contribution in [0, 0.1) is 5.82 Å². The molecule has 162 valence electrons. The molecule has 0 fully saturated rings. The Morgan fingerprint density at radius 1 is 1.40 bits per heavy atom. The maximum atomic E-state index is 13.5. The molecule has 0 aliphatic carbocycles. The van der Waals surface area contributed by atoms with E-state index >= 15 is 0 Å². The van der Waals surface area contributed by atoms with Gasteiger partial charge in [0, 0.05) is 18.8 Å². The van der Waals surface area contributed by atoms with Crippen LogP contribution in [-0.2, 0) is 13.0 Å². The van der Waals surface area contributed by atoms with Crippen molar-refractivity contribution in [3.63, 3.8) is 0 Å². The molecule has 0 unspecified atom stereocenters. The fraction of sp³-hybridized carbons (Fsp3) is 0.476. The van der Waals surface area contributed by atoms with Gasteiger partial charge in [-0.25, -0.2) is 19.2 Å². The van der Waals surface area contributed by atoms with Crippen LogP contribution in [0.15, 0.2) is 24.4 Å². The lowest BCUT2D eigenvalue weighted by Crippen LogP contribution is -2.46. The van der Waals surface area contributed by atoms with Crippen molar-refractivity contribution >= 4 is 23.6 Å². The van der Waals surface area contributed by atoms with E-state index in [2.05, 4.69) is 20.6 Å². The maximum Gasteiger partial charge on any atom is 0.318 e. The van der Waals surface area contributed by atoms with Crippen LogP contribution in [-0.4, -0.2) is 44.7 Å². The number of anilines is 1. The van der Waals surface area contributed by atoms with Gasteiger partial charge in [0.25, 0.3) is 0 Å². The summed E-state index contributed by atoms with van der Waals surface area (Å²) in [6.45, 7) is 6.67. The molecule has 9 heteroatoms. The van der Waals surface area contributed by atoms with Gasteiger partial charge in [-0.05, 0) is 49.9 Å². The molecule has 1 aromatic heterocycles. The third-order valence-corrected chi connectivity index (χ3v) is 5.33. The summed E-state index contributed by atoms with van der Waals surface area (Å²) in [6, 6.07) is 3.36. The van der Waals surface area contributed by atoms with E-state index in [-0.39, 0.29) is 17.1 Å². The zero-order chi connectivity index (χ0) is 21.8. The Kier molecular flexibility index (Phi) is 7.10. The molecule has 0 radical (unpaired) electrons. The molecule has 0 saturated carbocycles. The van der Waals surface area contributed by atoms with Gasteiger partial charge in [0.1, 0.15) is 5.82 Å². The van der Waals surface area contributed by atoms with E-state index in [9.17, 15) is 14.3 Å². The SMILES string of the molecule is CC[C@@H](O)[C@@H](NC(=O)N1CCc2cnc(NC(C)C)nc2C1)c1ccc(F)c(Cl)c1. The van der Waals surface area contributed by atoms with Crippen molar-refractivity contribution in [3.8, 4) is 0 Å². The summed E-state index contributed by atoms with van der Waals surface area (Å²) in [6.07, 6.45) is 2.03. The van der Waals surface area contributed by atoms with Crippen molar-refractivity contribution in [1.29, 1.82) is 0 Å². The summed E-state index contributed by atoms with van der Waals surface area (Å²) >= 11 is 5.90.